The molecule has 0 amide bonds. The Balaban J connectivity index is 1.88. The summed E-state index contributed by atoms with van der Waals surface area (Å²) < 4.78 is 5.69. The Morgan fingerprint density at radius 1 is 1.28 bits per heavy atom. The molecule has 18 heavy (non-hydrogen) atoms. The topological polar surface area (TPSA) is 21.3 Å². The Hall–Kier alpha value is -1.02. The molecule has 0 saturated heterocycles. The van der Waals surface area contributed by atoms with Gasteiger partial charge in [0.1, 0.15) is 5.75 Å². The van der Waals surface area contributed by atoms with Crippen LogP contribution in [0.5, 0.6) is 5.75 Å². The zero-order valence-corrected chi connectivity index (χ0v) is 11.8. The molecule has 1 aromatic carbocycles. The zero-order chi connectivity index (χ0) is 13.0. The van der Waals surface area contributed by atoms with Gasteiger partial charge in [0.15, 0.2) is 0 Å². The maximum atomic E-state index is 5.69. The summed E-state index contributed by atoms with van der Waals surface area (Å²) in [6.07, 6.45) is 1.13. The molecule has 2 nitrogen and oxygen atoms in total. The number of hydrogen-bond donors (Lipinski definition) is 1. The summed E-state index contributed by atoms with van der Waals surface area (Å²) in [5.41, 5.74) is 1.37. The lowest BCUT2D eigenvalue weighted by molar-refractivity contribution is 0.262. The van der Waals surface area contributed by atoms with Crippen LogP contribution in [-0.4, -0.2) is 19.7 Å². The standard InChI is InChI=1S/C16H25NO/c1-12(2)13(3)10-17-11-14-8-9-18-16-7-5-4-6-15(14)16/h4-7,12-14,17H,8-11H2,1-3H3. The molecule has 0 fully saturated rings. The maximum absolute atomic E-state index is 5.69. The summed E-state index contributed by atoms with van der Waals surface area (Å²) in [6, 6.07) is 8.44. The number of fused-ring (bicyclic) bond motifs is 1. The molecule has 0 bridgehead atoms. The Morgan fingerprint density at radius 3 is 2.83 bits per heavy atom. The summed E-state index contributed by atoms with van der Waals surface area (Å²) in [5.74, 6) is 3.17. The number of ether oxygens (including phenoxy) is 1. The van der Waals surface area contributed by atoms with Gasteiger partial charge in [0.05, 0.1) is 6.61 Å². The summed E-state index contributed by atoms with van der Waals surface area (Å²) in [6.45, 7) is 9.92. The van der Waals surface area contributed by atoms with Crippen molar-refractivity contribution in [2.75, 3.05) is 19.7 Å². The van der Waals surface area contributed by atoms with Crippen molar-refractivity contribution >= 4 is 0 Å². The van der Waals surface area contributed by atoms with Crippen molar-refractivity contribution in [2.24, 2.45) is 11.8 Å². The van der Waals surface area contributed by atoms with Crippen molar-refractivity contribution in [3.63, 3.8) is 0 Å². The third-order valence-corrected chi connectivity index (χ3v) is 4.08. The molecule has 0 aromatic heterocycles. The van der Waals surface area contributed by atoms with Crippen molar-refractivity contribution in [3.05, 3.63) is 29.8 Å². The Labute approximate surface area is 111 Å². The highest BCUT2D eigenvalue weighted by Gasteiger charge is 2.20. The number of benzene rings is 1. The van der Waals surface area contributed by atoms with Gasteiger partial charge in [-0.05, 0) is 36.4 Å². The van der Waals surface area contributed by atoms with E-state index in [1.807, 2.05) is 0 Å². The third kappa shape index (κ3) is 3.26. The molecule has 1 N–H and O–H groups in total. The van der Waals surface area contributed by atoms with E-state index in [9.17, 15) is 0 Å². The highest BCUT2D eigenvalue weighted by molar-refractivity contribution is 5.37. The largest absolute Gasteiger partial charge is 0.493 e. The van der Waals surface area contributed by atoms with Gasteiger partial charge < -0.3 is 10.1 Å². The van der Waals surface area contributed by atoms with Gasteiger partial charge in [0.2, 0.25) is 0 Å². The fourth-order valence-electron chi connectivity index (χ4n) is 2.35. The van der Waals surface area contributed by atoms with Gasteiger partial charge in [0.25, 0.3) is 0 Å². The summed E-state index contributed by atoms with van der Waals surface area (Å²) in [5, 5.41) is 3.62. The number of rotatable bonds is 5. The number of para-hydroxylation sites is 1. The first-order valence-electron chi connectivity index (χ1n) is 7.11. The molecule has 1 heterocycles. The van der Waals surface area contributed by atoms with Crippen molar-refractivity contribution < 1.29 is 4.74 Å². The first-order chi connectivity index (χ1) is 8.68. The smallest absolute Gasteiger partial charge is 0.122 e. The van der Waals surface area contributed by atoms with Gasteiger partial charge in [-0.25, -0.2) is 0 Å². The predicted octanol–water partition coefficient (Wildman–Crippen LogP) is 3.43. The van der Waals surface area contributed by atoms with E-state index in [0.29, 0.717) is 5.92 Å². The van der Waals surface area contributed by atoms with E-state index in [-0.39, 0.29) is 0 Å². The number of nitrogens with one attached hydrogen (secondary N) is 1. The molecule has 0 saturated carbocycles. The molecule has 2 atom stereocenters. The summed E-state index contributed by atoms with van der Waals surface area (Å²) >= 11 is 0. The molecular formula is C16H25NO. The van der Waals surface area contributed by atoms with Gasteiger partial charge >= 0.3 is 0 Å². The minimum atomic E-state index is 0.606. The maximum Gasteiger partial charge on any atom is 0.122 e. The van der Waals surface area contributed by atoms with Crippen LogP contribution < -0.4 is 10.1 Å². The minimum absolute atomic E-state index is 0.606. The molecule has 1 aliphatic rings. The lowest BCUT2D eigenvalue weighted by Gasteiger charge is -2.27. The normalized spacial score (nSPS) is 20.3. The van der Waals surface area contributed by atoms with E-state index in [1.54, 1.807) is 0 Å². The zero-order valence-electron chi connectivity index (χ0n) is 11.8. The quantitative estimate of drug-likeness (QED) is 0.860. The Morgan fingerprint density at radius 2 is 2.06 bits per heavy atom. The van der Waals surface area contributed by atoms with Crippen molar-refractivity contribution in [1.82, 2.24) is 5.32 Å². The Bertz CT molecular complexity index is 375. The SMILES string of the molecule is CC(C)C(C)CNCC1CCOc2ccccc21. The monoisotopic (exact) mass is 247 g/mol. The number of hydrogen-bond acceptors (Lipinski definition) is 2. The molecular weight excluding hydrogens is 222 g/mol. The van der Waals surface area contributed by atoms with Gasteiger partial charge in [-0.3, -0.25) is 0 Å². The van der Waals surface area contributed by atoms with E-state index in [4.69, 9.17) is 4.74 Å². The van der Waals surface area contributed by atoms with Crippen LogP contribution in [0.25, 0.3) is 0 Å². The van der Waals surface area contributed by atoms with Gasteiger partial charge in [-0.15, -0.1) is 0 Å². The van der Waals surface area contributed by atoms with Crippen molar-refractivity contribution in [2.45, 2.75) is 33.1 Å². The molecule has 2 rings (SSSR count). The van der Waals surface area contributed by atoms with Gasteiger partial charge in [-0.2, -0.15) is 0 Å². The second kappa shape index (κ2) is 6.24. The third-order valence-electron chi connectivity index (χ3n) is 4.08. The molecule has 1 aliphatic heterocycles. The fraction of sp³-hybridized carbons (Fsp3) is 0.625. The average molecular weight is 247 g/mol. The van der Waals surface area contributed by atoms with Crippen LogP contribution >= 0.6 is 0 Å². The molecule has 0 spiro atoms. The van der Waals surface area contributed by atoms with E-state index < -0.39 is 0 Å². The first-order valence-corrected chi connectivity index (χ1v) is 7.11. The first kappa shape index (κ1) is 13.4. The second-order valence-corrected chi connectivity index (χ2v) is 5.75. The highest BCUT2D eigenvalue weighted by atomic mass is 16.5. The molecule has 0 radical (unpaired) electrons. The molecule has 100 valence electrons. The lowest BCUT2D eigenvalue weighted by atomic mass is 9.92. The van der Waals surface area contributed by atoms with Crippen LogP contribution in [0.15, 0.2) is 24.3 Å². The van der Waals surface area contributed by atoms with Gasteiger partial charge in [0, 0.05) is 12.5 Å². The predicted molar refractivity (Wildman–Crippen MR) is 76.2 cm³/mol. The summed E-state index contributed by atoms with van der Waals surface area (Å²) in [7, 11) is 0. The van der Waals surface area contributed by atoms with E-state index >= 15 is 0 Å². The van der Waals surface area contributed by atoms with Crippen LogP contribution in [0, 0.1) is 11.8 Å². The fourth-order valence-corrected chi connectivity index (χ4v) is 2.35. The van der Waals surface area contributed by atoms with Crippen LogP contribution in [-0.2, 0) is 0 Å². The van der Waals surface area contributed by atoms with E-state index in [2.05, 4.69) is 50.4 Å². The van der Waals surface area contributed by atoms with Crippen molar-refractivity contribution in [1.29, 1.82) is 0 Å². The average Bonchev–Trinajstić information content (AvgIpc) is 2.38. The van der Waals surface area contributed by atoms with Crippen LogP contribution in [0.1, 0.15) is 38.7 Å². The van der Waals surface area contributed by atoms with Crippen LogP contribution in [0.4, 0.5) is 0 Å². The molecule has 1 aromatic rings. The lowest BCUT2D eigenvalue weighted by Crippen LogP contribution is -2.30. The molecule has 0 aliphatic carbocycles. The van der Waals surface area contributed by atoms with Crippen LogP contribution in [0.2, 0.25) is 0 Å². The van der Waals surface area contributed by atoms with E-state index in [0.717, 1.165) is 43.7 Å². The van der Waals surface area contributed by atoms with Crippen molar-refractivity contribution in [3.8, 4) is 5.75 Å². The summed E-state index contributed by atoms with van der Waals surface area (Å²) in [4.78, 5) is 0. The van der Waals surface area contributed by atoms with E-state index in [1.165, 1.54) is 5.56 Å². The van der Waals surface area contributed by atoms with Crippen LogP contribution in [0.3, 0.4) is 0 Å². The minimum Gasteiger partial charge on any atom is -0.493 e. The highest BCUT2D eigenvalue weighted by Crippen LogP contribution is 2.32. The molecule has 2 unspecified atom stereocenters. The Kier molecular flexibility index (Phi) is 4.65. The van der Waals surface area contributed by atoms with Gasteiger partial charge in [-0.1, -0.05) is 39.0 Å². The second-order valence-electron chi connectivity index (χ2n) is 5.75. The molecule has 2 heteroatoms.